The maximum absolute atomic E-state index is 9.09. The van der Waals surface area contributed by atoms with Gasteiger partial charge in [0.25, 0.3) is 0 Å². The van der Waals surface area contributed by atoms with Crippen molar-refractivity contribution in [1.82, 2.24) is 4.98 Å². The molecule has 0 aromatic carbocycles. The van der Waals surface area contributed by atoms with Crippen LogP contribution in [0.5, 0.6) is 0 Å². The molecule has 1 heterocycles. The number of aliphatic hydroxyl groups is 1. The summed E-state index contributed by atoms with van der Waals surface area (Å²) in [7, 11) is 1.99. The van der Waals surface area contributed by atoms with Crippen molar-refractivity contribution < 1.29 is 5.11 Å². The molecule has 1 N–H and O–H groups in total. The predicted octanol–water partition coefficient (Wildman–Crippen LogP) is 2.18. The first-order chi connectivity index (χ1) is 6.56. The van der Waals surface area contributed by atoms with Gasteiger partial charge in [0.05, 0.1) is 6.61 Å². The van der Waals surface area contributed by atoms with Gasteiger partial charge in [-0.25, -0.2) is 4.98 Å². The molecule has 0 aliphatic heterocycles. The van der Waals surface area contributed by atoms with Gasteiger partial charge in [-0.15, -0.1) is 0 Å². The highest BCUT2D eigenvalue weighted by molar-refractivity contribution is 9.10. The number of aromatic nitrogens is 1. The van der Waals surface area contributed by atoms with Crippen molar-refractivity contribution in [1.29, 1.82) is 0 Å². The van der Waals surface area contributed by atoms with Gasteiger partial charge in [0.15, 0.2) is 0 Å². The van der Waals surface area contributed by atoms with Gasteiger partial charge in [0, 0.05) is 23.8 Å². The number of aliphatic hydroxyl groups excluding tert-OH is 1. The Morgan fingerprint density at radius 2 is 2.21 bits per heavy atom. The van der Waals surface area contributed by atoms with Crippen LogP contribution >= 0.6 is 15.9 Å². The van der Waals surface area contributed by atoms with E-state index in [1.54, 1.807) is 6.20 Å². The molecular weight excluding hydrogens is 244 g/mol. The Morgan fingerprint density at radius 1 is 1.57 bits per heavy atom. The Labute approximate surface area is 92.9 Å². The summed E-state index contributed by atoms with van der Waals surface area (Å²) in [4.78, 5) is 6.34. The molecule has 14 heavy (non-hydrogen) atoms. The molecule has 1 aromatic rings. The first-order valence-corrected chi connectivity index (χ1v) is 5.33. The minimum Gasteiger partial charge on any atom is -0.392 e. The van der Waals surface area contributed by atoms with Gasteiger partial charge in [-0.2, -0.15) is 0 Å². The molecule has 0 saturated heterocycles. The zero-order chi connectivity index (χ0) is 10.7. The molecule has 0 atom stereocenters. The minimum atomic E-state index is 0.0298. The van der Waals surface area contributed by atoms with Crippen molar-refractivity contribution in [3.05, 3.63) is 22.3 Å². The summed E-state index contributed by atoms with van der Waals surface area (Å²) < 4.78 is 0.848. The van der Waals surface area contributed by atoms with Gasteiger partial charge in [-0.3, -0.25) is 0 Å². The standard InChI is InChI=1S/C10H15BrN2O/c1-7(2)13(3)10-4-8(6-14)9(11)5-12-10/h4-5,7,14H,6H2,1-3H3. The highest BCUT2D eigenvalue weighted by Crippen LogP contribution is 2.21. The second kappa shape index (κ2) is 4.75. The number of hydrogen-bond acceptors (Lipinski definition) is 3. The zero-order valence-electron chi connectivity index (χ0n) is 8.66. The van der Waals surface area contributed by atoms with Crippen LogP contribution in [0.25, 0.3) is 0 Å². The van der Waals surface area contributed by atoms with E-state index in [9.17, 15) is 0 Å². The third-order valence-electron chi connectivity index (χ3n) is 2.23. The van der Waals surface area contributed by atoms with Gasteiger partial charge in [-0.1, -0.05) is 0 Å². The summed E-state index contributed by atoms with van der Waals surface area (Å²) in [5.41, 5.74) is 0.863. The summed E-state index contributed by atoms with van der Waals surface area (Å²) in [6.45, 7) is 4.23. The topological polar surface area (TPSA) is 36.4 Å². The predicted molar refractivity (Wildman–Crippen MR) is 61.4 cm³/mol. The summed E-state index contributed by atoms with van der Waals surface area (Å²) in [6.07, 6.45) is 1.72. The molecule has 78 valence electrons. The van der Waals surface area contributed by atoms with Gasteiger partial charge < -0.3 is 10.0 Å². The van der Waals surface area contributed by atoms with E-state index in [-0.39, 0.29) is 6.61 Å². The second-order valence-electron chi connectivity index (χ2n) is 3.50. The van der Waals surface area contributed by atoms with Crippen molar-refractivity contribution in [2.75, 3.05) is 11.9 Å². The van der Waals surface area contributed by atoms with Crippen molar-refractivity contribution in [3.8, 4) is 0 Å². The van der Waals surface area contributed by atoms with E-state index in [1.165, 1.54) is 0 Å². The van der Waals surface area contributed by atoms with Gasteiger partial charge >= 0.3 is 0 Å². The van der Waals surface area contributed by atoms with E-state index in [0.29, 0.717) is 6.04 Å². The maximum Gasteiger partial charge on any atom is 0.128 e. The lowest BCUT2D eigenvalue weighted by Crippen LogP contribution is -2.26. The van der Waals surface area contributed by atoms with Crippen LogP contribution in [0, 0.1) is 0 Å². The largest absolute Gasteiger partial charge is 0.392 e. The van der Waals surface area contributed by atoms with Crippen molar-refractivity contribution in [2.24, 2.45) is 0 Å². The molecule has 0 aliphatic rings. The molecule has 3 nitrogen and oxygen atoms in total. The van der Waals surface area contributed by atoms with E-state index in [0.717, 1.165) is 15.9 Å². The average Bonchev–Trinajstić information content (AvgIpc) is 2.17. The highest BCUT2D eigenvalue weighted by Gasteiger charge is 2.08. The number of anilines is 1. The van der Waals surface area contributed by atoms with E-state index in [4.69, 9.17) is 5.11 Å². The Morgan fingerprint density at radius 3 is 2.71 bits per heavy atom. The van der Waals surface area contributed by atoms with E-state index in [1.807, 2.05) is 13.1 Å². The lowest BCUT2D eigenvalue weighted by Gasteiger charge is -2.23. The number of rotatable bonds is 3. The van der Waals surface area contributed by atoms with Crippen molar-refractivity contribution in [2.45, 2.75) is 26.5 Å². The molecule has 0 amide bonds. The van der Waals surface area contributed by atoms with Crippen LogP contribution in [-0.2, 0) is 6.61 Å². The Hall–Kier alpha value is -0.610. The van der Waals surface area contributed by atoms with Crippen LogP contribution in [0.1, 0.15) is 19.4 Å². The molecule has 0 unspecified atom stereocenters. The molecule has 0 saturated carbocycles. The maximum atomic E-state index is 9.09. The first kappa shape index (κ1) is 11.5. The number of halogens is 1. The fraction of sp³-hybridized carbons (Fsp3) is 0.500. The normalized spacial score (nSPS) is 10.7. The fourth-order valence-electron chi connectivity index (χ4n) is 1.05. The molecule has 0 radical (unpaired) electrons. The fourth-order valence-corrected chi connectivity index (χ4v) is 1.39. The van der Waals surface area contributed by atoms with Crippen LogP contribution in [-0.4, -0.2) is 23.2 Å². The number of pyridine rings is 1. The SMILES string of the molecule is CC(C)N(C)c1cc(CO)c(Br)cn1. The van der Waals surface area contributed by atoms with Crippen LogP contribution in [0.15, 0.2) is 16.7 Å². The average molecular weight is 259 g/mol. The molecule has 0 spiro atoms. The van der Waals surface area contributed by atoms with Crippen LogP contribution in [0.3, 0.4) is 0 Å². The van der Waals surface area contributed by atoms with E-state index < -0.39 is 0 Å². The highest BCUT2D eigenvalue weighted by atomic mass is 79.9. The van der Waals surface area contributed by atoms with Crippen molar-refractivity contribution >= 4 is 21.7 Å². The monoisotopic (exact) mass is 258 g/mol. The molecule has 0 aliphatic carbocycles. The van der Waals surface area contributed by atoms with Gasteiger partial charge in [-0.05, 0) is 41.4 Å². The second-order valence-corrected chi connectivity index (χ2v) is 4.35. The third kappa shape index (κ3) is 2.45. The Bertz CT molecular complexity index is 315. The molecule has 0 bridgehead atoms. The zero-order valence-corrected chi connectivity index (χ0v) is 10.2. The number of hydrogen-bond donors (Lipinski definition) is 1. The molecular formula is C10H15BrN2O. The summed E-state index contributed by atoms with van der Waals surface area (Å²) in [5.74, 6) is 0.882. The first-order valence-electron chi connectivity index (χ1n) is 4.54. The lowest BCUT2D eigenvalue weighted by atomic mass is 10.2. The molecule has 1 rings (SSSR count). The molecule has 4 heteroatoms. The summed E-state index contributed by atoms with van der Waals surface area (Å²) in [5, 5.41) is 9.09. The number of nitrogens with zero attached hydrogens (tertiary/aromatic N) is 2. The lowest BCUT2D eigenvalue weighted by molar-refractivity contribution is 0.281. The Kier molecular flexibility index (Phi) is 3.89. The Balaban J connectivity index is 3.00. The van der Waals surface area contributed by atoms with Gasteiger partial charge in [0.1, 0.15) is 5.82 Å². The summed E-state index contributed by atoms with van der Waals surface area (Å²) >= 11 is 3.34. The van der Waals surface area contributed by atoms with Crippen LogP contribution in [0.4, 0.5) is 5.82 Å². The van der Waals surface area contributed by atoms with E-state index in [2.05, 4.69) is 39.7 Å². The van der Waals surface area contributed by atoms with Crippen LogP contribution in [0.2, 0.25) is 0 Å². The van der Waals surface area contributed by atoms with Crippen molar-refractivity contribution in [3.63, 3.8) is 0 Å². The summed E-state index contributed by atoms with van der Waals surface area (Å²) in [6, 6.07) is 2.29. The third-order valence-corrected chi connectivity index (χ3v) is 2.94. The quantitative estimate of drug-likeness (QED) is 0.903. The van der Waals surface area contributed by atoms with E-state index >= 15 is 0 Å². The minimum absolute atomic E-state index is 0.0298. The molecule has 0 fully saturated rings. The molecule has 1 aromatic heterocycles. The van der Waals surface area contributed by atoms with Gasteiger partial charge in [0.2, 0.25) is 0 Å². The van der Waals surface area contributed by atoms with Crippen LogP contribution < -0.4 is 4.90 Å². The smallest absolute Gasteiger partial charge is 0.128 e.